The van der Waals surface area contributed by atoms with Crippen molar-refractivity contribution in [2.24, 2.45) is 0 Å². The van der Waals surface area contributed by atoms with Gasteiger partial charge in [-0.1, -0.05) is 0 Å². The highest BCUT2D eigenvalue weighted by molar-refractivity contribution is 5.69. The lowest BCUT2D eigenvalue weighted by Gasteiger charge is -2.37. The number of carboxylic acids is 1. The number of hydrogen-bond donors (Lipinski definition) is 1. The molecule has 1 aromatic rings. The highest BCUT2D eigenvalue weighted by Gasteiger charge is 2.26. The van der Waals surface area contributed by atoms with Crippen LogP contribution in [0.5, 0.6) is 0 Å². The van der Waals surface area contributed by atoms with Crippen LogP contribution in [0, 0.1) is 11.3 Å². The van der Waals surface area contributed by atoms with Crippen LogP contribution < -0.4 is 4.90 Å². The van der Waals surface area contributed by atoms with Crippen LogP contribution in [0.3, 0.4) is 0 Å². The number of aromatic nitrogens is 1. The van der Waals surface area contributed by atoms with Gasteiger partial charge in [-0.25, -0.2) is 0 Å². The summed E-state index contributed by atoms with van der Waals surface area (Å²) in [6.45, 7) is 0.790. The van der Waals surface area contributed by atoms with E-state index in [0.29, 0.717) is 5.56 Å². The van der Waals surface area contributed by atoms with E-state index in [2.05, 4.69) is 11.1 Å². The fraction of sp³-hybridized carbons (Fsp3) is 0.462. The molecular formula is C13H15N3O2. The smallest absolute Gasteiger partial charge is 0.305 e. The zero-order valence-corrected chi connectivity index (χ0v) is 10.0. The van der Waals surface area contributed by atoms with Crippen molar-refractivity contribution >= 4 is 11.7 Å². The molecule has 1 aromatic heterocycles. The zero-order chi connectivity index (χ0) is 13.0. The molecular weight excluding hydrogens is 230 g/mol. The first-order chi connectivity index (χ1) is 8.72. The summed E-state index contributed by atoms with van der Waals surface area (Å²) >= 11 is 0. The van der Waals surface area contributed by atoms with E-state index < -0.39 is 5.97 Å². The van der Waals surface area contributed by atoms with Crippen molar-refractivity contribution in [3.05, 3.63) is 24.0 Å². The quantitative estimate of drug-likeness (QED) is 0.878. The molecule has 0 amide bonds. The molecule has 0 spiro atoms. The zero-order valence-electron chi connectivity index (χ0n) is 10.0. The molecule has 5 heteroatoms. The van der Waals surface area contributed by atoms with Crippen LogP contribution in [0.25, 0.3) is 0 Å². The van der Waals surface area contributed by atoms with Gasteiger partial charge in [0.05, 0.1) is 23.9 Å². The minimum atomic E-state index is -0.797. The third-order valence-electron chi connectivity index (χ3n) is 3.27. The van der Waals surface area contributed by atoms with E-state index in [-0.39, 0.29) is 12.5 Å². The summed E-state index contributed by atoms with van der Waals surface area (Å²) in [6.07, 6.45) is 6.26. The Morgan fingerprint density at radius 1 is 1.61 bits per heavy atom. The molecule has 0 bridgehead atoms. The van der Waals surface area contributed by atoms with Crippen molar-refractivity contribution in [3.8, 4) is 6.07 Å². The number of anilines is 1. The van der Waals surface area contributed by atoms with Crippen LogP contribution in [0.4, 0.5) is 5.69 Å². The highest BCUT2D eigenvalue weighted by Crippen LogP contribution is 2.28. The monoisotopic (exact) mass is 245 g/mol. The molecule has 5 nitrogen and oxygen atoms in total. The molecule has 18 heavy (non-hydrogen) atoms. The number of carbonyl (C=O) groups is 1. The summed E-state index contributed by atoms with van der Waals surface area (Å²) in [5.41, 5.74) is 1.31. The van der Waals surface area contributed by atoms with Gasteiger partial charge in [-0.05, 0) is 25.3 Å². The van der Waals surface area contributed by atoms with Crippen LogP contribution in [0.15, 0.2) is 18.5 Å². The van der Waals surface area contributed by atoms with E-state index in [9.17, 15) is 4.79 Å². The van der Waals surface area contributed by atoms with Gasteiger partial charge < -0.3 is 10.0 Å². The van der Waals surface area contributed by atoms with Gasteiger partial charge in [0.1, 0.15) is 6.07 Å². The molecule has 0 saturated carbocycles. The normalized spacial score (nSPS) is 19.3. The molecule has 1 unspecified atom stereocenters. The average Bonchev–Trinajstić information content (AvgIpc) is 2.39. The van der Waals surface area contributed by atoms with Crippen molar-refractivity contribution in [3.63, 3.8) is 0 Å². The van der Waals surface area contributed by atoms with Crippen molar-refractivity contribution in [1.82, 2.24) is 4.98 Å². The van der Waals surface area contributed by atoms with E-state index in [1.165, 1.54) is 0 Å². The Balaban J connectivity index is 2.28. The van der Waals surface area contributed by atoms with Crippen LogP contribution >= 0.6 is 0 Å². The second kappa shape index (κ2) is 5.50. The first kappa shape index (κ1) is 12.4. The summed E-state index contributed by atoms with van der Waals surface area (Å²) in [4.78, 5) is 17.0. The molecule has 0 aliphatic carbocycles. The molecule has 2 rings (SSSR count). The number of nitrogens with zero attached hydrogens (tertiary/aromatic N) is 3. The summed E-state index contributed by atoms with van der Waals surface area (Å²) in [5, 5.41) is 18.0. The van der Waals surface area contributed by atoms with Gasteiger partial charge >= 0.3 is 5.97 Å². The first-order valence-electron chi connectivity index (χ1n) is 6.05. The Kier molecular flexibility index (Phi) is 3.78. The van der Waals surface area contributed by atoms with Crippen molar-refractivity contribution in [1.29, 1.82) is 5.26 Å². The largest absolute Gasteiger partial charge is 0.481 e. The van der Waals surface area contributed by atoms with Crippen LogP contribution in [0.1, 0.15) is 31.2 Å². The lowest BCUT2D eigenvalue weighted by atomic mass is 9.98. The van der Waals surface area contributed by atoms with Gasteiger partial charge in [0.15, 0.2) is 0 Å². The standard InChI is InChI=1S/C13H15N3O2/c14-8-10-4-5-15-9-12(10)16-6-2-1-3-11(16)7-13(17)18/h4-5,9,11H,1-3,6-7H2,(H,17,18). The van der Waals surface area contributed by atoms with E-state index in [4.69, 9.17) is 10.4 Å². The number of piperidine rings is 1. The van der Waals surface area contributed by atoms with Gasteiger partial charge in [-0.15, -0.1) is 0 Å². The van der Waals surface area contributed by atoms with E-state index >= 15 is 0 Å². The molecule has 1 atom stereocenters. The minimum Gasteiger partial charge on any atom is -0.481 e. The van der Waals surface area contributed by atoms with E-state index in [0.717, 1.165) is 31.5 Å². The molecule has 1 fully saturated rings. The van der Waals surface area contributed by atoms with Gasteiger partial charge in [-0.3, -0.25) is 9.78 Å². The Morgan fingerprint density at radius 2 is 2.44 bits per heavy atom. The van der Waals surface area contributed by atoms with Crippen molar-refractivity contribution in [2.75, 3.05) is 11.4 Å². The second-order valence-electron chi connectivity index (χ2n) is 4.45. The fourth-order valence-corrected chi connectivity index (χ4v) is 2.44. The summed E-state index contributed by atoms with van der Waals surface area (Å²) in [6, 6.07) is 3.77. The van der Waals surface area contributed by atoms with Gasteiger partial charge in [0.25, 0.3) is 0 Å². The Hall–Kier alpha value is -2.09. The Bertz CT molecular complexity index is 481. The lowest BCUT2D eigenvalue weighted by Crippen LogP contribution is -2.41. The van der Waals surface area contributed by atoms with E-state index in [1.54, 1.807) is 18.5 Å². The average molecular weight is 245 g/mol. The number of nitriles is 1. The SMILES string of the molecule is N#Cc1ccncc1N1CCCCC1CC(=O)O. The van der Waals surface area contributed by atoms with Crippen LogP contribution in [-0.4, -0.2) is 28.6 Å². The molecule has 0 aromatic carbocycles. The summed E-state index contributed by atoms with van der Waals surface area (Å²) < 4.78 is 0. The van der Waals surface area contributed by atoms with Crippen molar-refractivity contribution < 1.29 is 9.90 Å². The predicted molar refractivity (Wildman–Crippen MR) is 66.2 cm³/mol. The maximum absolute atomic E-state index is 10.9. The fourth-order valence-electron chi connectivity index (χ4n) is 2.44. The van der Waals surface area contributed by atoms with Gasteiger partial charge in [0.2, 0.25) is 0 Å². The molecule has 0 radical (unpaired) electrons. The molecule has 1 aliphatic heterocycles. The Morgan fingerprint density at radius 3 is 3.17 bits per heavy atom. The molecule has 1 saturated heterocycles. The number of carboxylic acid groups (broad SMARTS) is 1. The van der Waals surface area contributed by atoms with Gasteiger partial charge in [-0.2, -0.15) is 5.26 Å². The maximum Gasteiger partial charge on any atom is 0.305 e. The lowest BCUT2D eigenvalue weighted by molar-refractivity contribution is -0.137. The van der Waals surface area contributed by atoms with Crippen molar-refractivity contribution in [2.45, 2.75) is 31.7 Å². The number of aliphatic carboxylic acids is 1. The maximum atomic E-state index is 10.9. The summed E-state index contributed by atoms with van der Waals surface area (Å²) in [7, 11) is 0. The molecule has 1 N–H and O–H groups in total. The molecule has 1 aliphatic rings. The minimum absolute atomic E-state index is 0.0347. The molecule has 94 valence electrons. The predicted octanol–water partition coefficient (Wildman–Crippen LogP) is 1.79. The highest BCUT2D eigenvalue weighted by atomic mass is 16.4. The first-order valence-corrected chi connectivity index (χ1v) is 6.05. The number of rotatable bonds is 3. The van der Waals surface area contributed by atoms with Gasteiger partial charge in [0, 0.05) is 18.8 Å². The topological polar surface area (TPSA) is 77.2 Å². The van der Waals surface area contributed by atoms with Crippen LogP contribution in [-0.2, 0) is 4.79 Å². The second-order valence-corrected chi connectivity index (χ2v) is 4.45. The van der Waals surface area contributed by atoms with Crippen LogP contribution in [0.2, 0.25) is 0 Å². The number of hydrogen-bond acceptors (Lipinski definition) is 4. The third-order valence-corrected chi connectivity index (χ3v) is 3.27. The Labute approximate surface area is 106 Å². The summed E-state index contributed by atoms with van der Waals surface area (Å²) in [5.74, 6) is -0.797. The van der Waals surface area contributed by atoms with E-state index in [1.807, 2.05) is 4.90 Å². The number of pyridine rings is 1. The third kappa shape index (κ3) is 2.59. The molecule has 2 heterocycles.